The summed E-state index contributed by atoms with van der Waals surface area (Å²) in [6.45, 7) is 19.9. The first kappa shape index (κ1) is 73.0. The lowest BCUT2D eigenvalue weighted by molar-refractivity contribution is 0.0144. The zero-order valence-corrected chi connectivity index (χ0v) is 86.2. The number of hydrogen-bond donors (Lipinski definition) is 0. The van der Waals surface area contributed by atoms with Crippen LogP contribution in [0.15, 0.2) is 315 Å². The monoisotopic (exact) mass is 1940 g/mol. The average molecular weight is 1940 g/mol. The molecule has 0 bridgehead atoms. The highest BCUT2D eigenvalue weighted by Crippen LogP contribution is 2.61. The molecule has 0 spiro atoms. The molecule has 2 aliphatic heterocycles. The highest BCUT2D eigenvalue weighted by molar-refractivity contribution is 7.00. The zero-order chi connectivity index (χ0) is 114. The van der Waals surface area contributed by atoms with E-state index in [1.807, 2.05) is 212 Å². The maximum absolute atomic E-state index is 12.8. The van der Waals surface area contributed by atoms with Gasteiger partial charge in [-0.05, 0) is 280 Å². The van der Waals surface area contributed by atoms with Crippen molar-refractivity contribution in [1.82, 2.24) is 27.4 Å². The van der Waals surface area contributed by atoms with Gasteiger partial charge in [0.2, 0.25) is 0 Å². The van der Waals surface area contributed by atoms with Gasteiger partial charge in [0.1, 0.15) is 0 Å². The van der Waals surface area contributed by atoms with Crippen molar-refractivity contribution in [2.75, 3.05) is 9.80 Å². The van der Waals surface area contributed by atoms with Gasteiger partial charge in [0.25, 0.3) is 6.71 Å². The van der Waals surface area contributed by atoms with Gasteiger partial charge in [0.05, 0.1) is 90.9 Å². The number of fused-ring (bicyclic) bond motifs is 22. The smallest absolute Gasteiger partial charge is 0.252 e. The van der Waals surface area contributed by atoms with E-state index in [4.69, 9.17) is 0 Å². The lowest BCUT2D eigenvalue weighted by atomic mass is 9.33. The molecule has 21 aromatic rings. The second kappa shape index (κ2) is 34.7. The number of para-hydroxylation sites is 8. The SMILES string of the molecule is [2H]c1c([2H])c(-n2c3c([2H])c([2H])c(-n4c5ccccc5c5ccccc54)c([2H])c3c3c([2H])c(-n4c5ccccc5c5ccccc54)c([2H])c([2H])c32)c([2H])c2c1B1c3c(cc(C(C)(C)C)cc3N(C3C(C4CCCCC4)CC(C(C)(C)C)CC3C3CCCCC3)c3c([2H])c(-n4c5c([2H])c([2H])c(-n6c7ccccc7c7ccccc76)c([2H])c5c5c([2H])c(-n6c7ccccc7c7ccccc76)c([2H])c([2H])c54)c([2H])c([2H])c31)N2C1C(C2CCCCC2)CC(C(C)(C)C)CC1C1CCCCC1. The Morgan fingerprint density at radius 3 is 0.687 bits per heavy atom. The van der Waals surface area contributed by atoms with Crippen LogP contribution in [-0.2, 0) is 5.41 Å². The average Bonchev–Trinajstić information content (AvgIpc) is 1.19. The second-order valence-electron chi connectivity index (χ2n) is 48.6. The molecule has 147 heavy (non-hydrogen) atoms. The molecule has 6 aromatic heterocycles. The van der Waals surface area contributed by atoms with Gasteiger partial charge in [-0.3, -0.25) is 0 Å². The Morgan fingerprint density at radius 1 is 0.238 bits per heavy atom. The summed E-state index contributed by atoms with van der Waals surface area (Å²) in [6, 6.07) is 59.4. The molecule has 0 amide bonds. The largest absolute Gasteiger partial charge is 0.339 e. The van der Waals surface area contributed by atoms with Crippen LogP contribution in [0.5, 0.6) is 0 Å². The molecular weight excluding hydrogens is 1780 g/mol. The van der Waals surface area contributed by atoms with Gasteiger partial charge in [0, 0.05) is 134 Å². The Bertz CT molecular complexity index is 8830. The second-order valence-corrected chi connectivity index (χ2v) is 48.6. The molecule has 8 nitrogen and oxygen atoms in total. The van der Waals surface area contributed by atoms with Crippen LogP contribution >= 0.6 is 0 Å². The summed E-state index contributed by atoms with van der Waals surface area (Å²) in [5.41, 5.74) is 7.07. The third-order valence-electron chi connectivity index (χ3n) is 37.7. The Morgan fingerprint density at radius 2 is 0.456 bits per heavy atom. The lowest BCUT2D eigenvalue weighted by Crippen LogP contribution is -2.67. The van der Waals surface area contributed by atoms with Crippen LogP contribution in [0, 0.1) is 70.0 Å². The third kappa shape index (κ3) is 14.3. The number of nitrogens with zero attached hydrogens (tertiary/aromatic N) is 8. The predicted molar refractivity (Wildman–Crippen MR) is 625 cm³/mol. The van der Waals surface area contributed by atoms with Gasteiger partial charge >= 0.3 is 0 Å². The van der Waals surface area contributed by atoms with E-state index in [0.29, 0.717) is 44.1 Å². The Kier molecular flexibility index (Phi) is 17.2. The van der Waals surface area contributed by atoms with Crippen molar-refractivity contribution in [3.05, 3.63) is 321 Å². The normalized spacial score (nSPS) is 23.1. The molecule has 8 heterocycles. The van der Waals surface area contributed by atoms with E-state index in [0.717, 1.165) is 220 Å². The van der Waals surface area contributed by atoms with Crippen molar-refractivity contribution < 1.29 is 24.7 Å². The van der Waals surface area contributed by atoms with Crippen LogP contribution < -0.4 is 26.2 Å². The van der Waals surface area contributed by atoms with Gasteiger partial charge in [-0.15, -0.1) is 0 Å². The fourth-order valence-corrected chi connectivity index (χ4v) is 30.6. The molecule has 4 atom stereocenters. The standard InChI is InChI=1S/C138H139BN8/c1-136(2,3)90-74-107(86-38-14-10-15-39-86)134(108(75-90)87-40-16-11-17-41-87)146-129-84-97(144-125-70-64-93(140-117-54-30-22-46-99(117)100-47-23-31-55-118(100)140)80-111(125)112-81-94(65-71-126(112)144)141-119-56-32-24-48-101(119)102-49-25-33-57-120(102)141)62-68-115(129)139-116-69-63-98(85-130(116)147(132-79-92(138(7,8)9)78-131(146)133(132)139)135-109(88-42-18-12-19-43-88)76-91(137(4,5)6)77-110(135)89-44-20-13-21-45-89)145-127-72-66-95(142-121-58-34-26-50-103(121)104-51-27-35-59-122(104)142)82-113(127)114-83-96(67-73-128(114)145)143-123-60-36-28-52-105(123)106-53-29-37-61-124(106)143/h22-37,46-73,78-91,107-110,134-135H,10-21,38-45,74-77H2,1-9H3/i62D,63D,64D,65D,66D,67D,68D,69D,70D,71D,72D,73D,80D,81D,82D,83D,84D,85D. The molecule has 6 aliphatic carbocycles. The van der Waals surface area contributed by atoms with Crippen molar-refractivity contribution in [3.8, 4) is 34.1 Å². The molecule has 8 aliphatic rings. The van der Waals surface area contributed by atoms with E-state index >= 15 is 0 Å². The van der Waals surface area contributed by atoms with E-state index in [1.165, 1.54) is 9.13 Å². The number of anilines is 4. The molecule has 0 saturated heterocycles. The minimum absolute atomic E-state index is 0.0187. The van der Waals surface area contributed by atoms with Gasteiger partial charge in [0.15, 0.2) is 0 Å². The van der Waals surface area contributed by atoms with Crippen molar-refractivity contribution in [2.24, 2.45) is 70.0 Å². The summed E-state index contributed by atoms with van der Waals surface area (Å²) in [5.74, 6) is 0.840. The van der Waals surface area contributed by atoms with E-state index in [-0.39, 0.29) is 218 Å². The summed E-state index contributed by atoms with van der Waals surface area (Å²) in [4.78, 5) is 5.10. The van der Waals surface area contributed by atoms with E-state index in [9.17, 15) is 24.7 Å². The molecule has 29 rings (SSSR count). The Balaban J connectivity index is 0.796. The van der Waals surface area contributed by atoms with Gasteiger partial charge in [-0.1, -0.05) is 348 Å². The predicted octanol–water partition coefficient (Wildman–Crippen LogP) is 35.4. The number of aromatic nitrogens is 6. The quantitative estimate of drug-likeness (QED) is 0.114. The Hall–Kier alpha value is -13.2. The minimum Gasteiger partial charge on any atom is -0.339 e. The van der Waals surface area contributed by atoms with Crippen LogP contribution in [-0.4, -0.2) is 46.2 Å². The first-order chi connectivity index (χ1) is 79.5. The highest BCUT2D eigenvalue weighted by Gasteiger charge is 2.57. The molecule has 4 unspecified atom stereocenters. The summed E-state index contributed by atoms with van der Waals surface area (Å²) in [6.07, 6.45) is 23.5. The van der Waals surface area contributed by atoms with Crippen molar-refractivity contribution in [2.45, 2.75) is 234 Å². The molecule has 9 heteroatoms. The molecule has 734 valence electrons. The maximum atomic E-state index is 12.8. The summed E-state index contributed by atoms with van der Waals surface area (Å²) in [5, 5.41) is 6.54. The number of rotatable bonds is 12. The van der Waals surface area contributed by atoms with Crippen LogP contribution in [0.25, 0.3) is 165 Å². The number of hydrogen-bond acceptors (Lipinski definition) is 2. The van der Waals surface area contributed by atoms with Crippen LogP contribution in [0.3, 0.4) is 0 Å². The van der Waals surface area contributed by atoms with Crippen molar-refractivity contribution in [1.29, 1.82) is 0 Å². The third-order valence-corrected chi connectivity index (χ3v) is 37.7. The maximum Gasteiger partial charge on any atom is 0.252 e. The molecule has 6 fully saturated rings. The summed E-state index contributed by atoms with van der Waals surface area (Å²) in [7, 11) is 0. The Labute approximate surface area is 892 Å². The van der Waals surface area contributed by atoms with Crippen molar-refractivity contribution >= 4 is 177 Å². The topological polar surface area (TPSA) is 36.1 Å². The molecule has 6 saturated carbocycles. The van der Waals surface area contributed by atoms with Crippen molar-refractivity contribution in [3.63, 3.8) is 0 Å². The number of benzene rings is 15. The molecular formula is C138H139BN8. The molecule has 0 radical (unpaired) electrons. The molecule has 0 N–H and O–H groups in total. The van der Waals surface area contributed by atoms with E-state index in [2.05, 4.69) is 84.2 Å². The first-order valence-electron chi connectivity index (χ1n) is 64.6. The van der Waals surface area contributed by atoms with Crippen LogP contribution in [0.1, 0.15) is 247 Å². The van der Waals surface area contributed by atoms with Gasteiger partial charge < -0.3 is 37.2 Å². The van der Waals surface area contributed by atoms with Crippen LogP contribution in [0.2, 0.25) is 0 Å². The molecule has 15 aromatic carbocycles. The first-order valence-corrected chi connectivity index (χ1v) is 55.6. The van der Waals surface area contributed by atoms with Crippen LogP contribution in [0.4, 0.5) is 22.7 Å². The fourth-order valence-electron chi connectivity index (χ4n) is 30.6. The van der Waals surface area contributed by atoms with Gasteiger partial charge in [-0.25, -0.2) is 0 Å². The van der Waals surface area contributed by atoms with E-state index < -0.39 is 84.6 Å². The lowest BCUT2D eigenvalue weighted by Gasteiger charge is -2.59. The van der Waals surface area contributed by atoms with Gasteiger partial charge in [-0.2, -0.15) is 0 Å². The fraction of sp³-hybridized carbons (Fsp3) is 0.348. The minimum atomic E-state index is -1.40. The summed E-state index contributed by atoms with van der Waals surface area (Å²) < 4.78 is 220. The zero-order valence-electron chi connectivity index (χ0n) is 104. The summed E-state index contributed by atoms with van der Waals surface area (Å²) >= 11 is 0. The van der Waals surface area contributed by atoms with E-state index in [1.54, 1.807) is 0 Å². The highest BCUT2D eigenvalue weighted by atomic mass is 15.2.